The van der Waals surface area contributed by atoms with Crippen molar-refractivity contribution in [2.24, 2.45) is 0 Å². The SMILES string of the molecule is CNC(=O)Oc1c(-c2ccc(Oc3ccc(Cl)cc3)cc2)oc2cc(N(CCO)S(C)(=O)=O)c(OC(C)C)cc12. The molecule has 0 fully saturated rings. The largest absolute Gasteiger partial charge is 0.489 e. The molecular formula is C28H29ClN2O8S. The Bertz CT molecular complexity index is 1600. The fraction of sp³-hybridized carbons (Fsp3) is 0.250. The van der Waals surface area contributed by atoms with Crippen LogP contribution in [0.2, 0.25) is 5.02 Å². The minimum atomic E-state index is -3.78. The molecule has 10 nitrogen and oxygen atoms in total. The van der Waals surface area contributed by atoms with E-state index in [2.05, 4.69) is 5.32 Å². The number of hydrogen-bond donors (Lipinski definition) is 2. The second-order valence-corrected chi connectivity index (χ2v) is 11.4. The van der Waals surface area contributed by atoms with Crippen molar-refractivity contribution in [2.45, 2.75) is 20.0 Å². The van der Waals surface area contributed by atoms with E-state index in [0.29, 0.717) is 27.5 Å². The maximum atomic E-state index is 12.6. The summed E-state index contributed by atoms with van der Waals surface area (Å²) in [5, 5.41) is 12.9. The van der Waals surface area contributed by atoms with Crippen molar-refractivity contribution >= 4 is 44.4 Å². The molecular weight excluding hydrogens is 560 g/mol. The smallest absolute Gasteiger partial charge is 0.412 e. The van der Waals surface area contributed by atoms with Crippen LogP contribution >= 0.6 is 11.6 Å². The minimum absolute atomic E-state index is 0.119. The molecule has 0 unspecified atom stereocenters. The van der Waals surface area contributed by atoms with Crippen LogP contribution in [0.1, 0.15) is 13.8 Å². The van der Waals surface area contributed by atoms with Gasteiger partial charge in [-0.05, 0) is 68.4 Å². The zero-order valence-electron chi connectivity index (χ0n) is 22.3. The summed E-state index contributed by atoms with van der Waals surface area (Å²) >= 11 is 5.94. The Labute approximate surface area is 237 Å². The van der Waals surface area contributed by atoms with Gasteiger partial charge in [0, 0.05) is 23.7 Å². The first kappa shape index (κ1) is 29.1. The molecule has 0 bridgehead atoms. The predicted molar refractivity (Wildman–Crippen MR) is 153 cm³/mol. The molecule has 12 heteroatoms. The highest BCUT2D eigenvalue weighted by molar-refractivity contribution is 7.92. The maximum absolute atomic E-state index is 12.6. The van der Waals surface area contributed by atoms with Crippen LogP contribution in [0.15, 0.2) is 65.1 Å². The summed E-state index contributed by atoms with van der Waals surface area (Å²) in [5.41, 5.74) is 0.992. The number of benzene rings is 3. The Morgan fingerprint density at radius 3 is 2.25 bits per heavy atom. The summed E-state index contributed by atoms with van der Waals surface area (Å²) in [7, 11) is -2.36. The number of halogens is 1. The standard InChI is InChI=1S/C28H29ClN2O8S/c1-17(2)36-25-15-22-24(16-23(25)31(13-14-32)40(4,34)35)38-26(27(22)39-28(33)30-3)18-5-9-20(10-6-18)37-21-11-7-19(29)8-12-21/h5-12,15-17,32H,13-14H2,1-4H3,(H,30,33). The van der Waals surface area contributed by atoms with Gasteiger partial charge in [-0.15, -0.1) is 0 Å². The molecule has 0 saturated carbocycles. The van der Waals surface area contributed by atoms with Crippen molar-refractivity contribution < 1.29 is 36.9 Å². The number of rotatable bonds is 10. The molecule has 1 heterocycles. The lowest BCUT2D eigenvalue weighted by Crippen LogP contribution is -2.33. The van der Waals surface area contributed by atoms with Gasteiger partial charge in [0.05, 0.1) is 36.6 Å². The lowest BCUT2D eigenvalue weighted by molar-refractivity contribution is 0.203. The minimum Gasteiger partial charge on any atom is -0.489 e. The fourth-order valence-electron chi connectivity index (χ4n) is 3.94. The van der Waals surface area contributed by atoms with Gasteiger partial charge in [-0.3, -0.25) is 4.31 Å². The van der Waals surface area contributed by atoms with Gasteiger partial charge in [-0.2, -0.15) is 0 Å². The van der Waals surface area contributed by atoms with Gasteiger partial charge in [0.1, 0.15) is 22.8 Å². The Morgan fingerprint density at radius 2 is 1.70 bits per heavy atom. The zero-order chi connectivity index (χ0) is 29.0. The van der Waals surface area contributed by atoms with Crippen molar-refractivity contribution in [3.63, 3.8) is 0 Å². The summed E-state index contributed by atoms with van der Waals surface area (Å²) < 4.78 is 49.8. The van der Waals surface area contributed by atoms with Crippen LogP contribution in [0.4, 0.5) is 10.5 Å². The van der Waals surface area contributed by atoms with Crippen LogP contribution in [0.3, 0.4) is 0 Å². The van der Waals surface area contributed by atoms with E-state index in [1.807, 2.05) is 0 Å². The molecule has 3 aromatic carbocycles. The van der Waals surface area contributed by atoms with Crippen molar-refractivity contribution in [2.75, 3.05) is 30.8 Å². The number of fused-ring (bicyclic) bond motifs is 1. The third-order valence-corrected chi connectivity index (χ3v) is 7.06. The van der Waals surface area contributed by atoms with Gasteiger partial charge in [0.25, 0.3) is 0 Å². The highest BCUT2D eigenvalue weighted by Crippen LogP contribution is 2.45. The van der Waals surface area contributed by atoms with Crippen LogP contribution in [0.25, 0.3) is 22.3 Å². The molecule has 0 spiro atoms. The van der Waals surface area contributed by atoms with E-state index in [-0.39, 0.29) is 41.2 Å². The Kier molecular flexibility index (Phi) is 8.77. The number of hydrogen-bond acceptors (Lipinski definition) is 8. The van der Waals surface area contributed by atoms with E-state index in [1.165, 1.54) is 13.1 Å². The van der Waals surface area contributed by atoms with Crippen LogP contribution in [0, 0.1) is 0 Å². The molecule has 40 heavy (non-hydrogen) atoms. The van der Waals surface area contributed by atoms with Gasteiger partial charge in [-0.1, -0.05) is 11.6 Å². The van der Waals surface area contributed by atoms with E-state index in [4.69, 9.17) is 30.2 Å². The number of nitrogens with one attached hydrogen (secondary N) is 1. The van der Waals surface area contributed by atoms with Crippen molar-refractivity contribution in [1.82, 2.24) is 5.32 Å². The third-order valence-electron chi connectivity index (χ3n) is 5.62. The van der Waals surface area contributed by atoms with Gasteiger partial charge in [0.15, 0.2) is 11.5 Å². The zero-order valence-corrected chi connectivity index (χ0v) is 23.9. The van der Waals surface area contributed by atoms with Crippen LogP contribution < -0.4 is 23.8 Å². The number of ether oxygens (including phenoxy) is 3. The van der Waals surface area contributed by atoms with E-state index in [0.717, 1.165) is 10.6 Å². The van der Waals surface area contributed by atoms with Crippen molar-refractivity contribution in [3.8, 4) is 34.3 Å². The van der Waals surface area contributed by atoms with Crippen LogP contribution in [0.5, 0.6) is 23.0 Å². The molecule has 1 amide bonds. The average Bonchev–Trinajstić information content (AvgIpc) is 3.24. The highest BCUT2D eigenvalue weighted by Gasteiger charge is 2.27. The molecule has 0 radical (unpaired) electrons. The Balaban J connectivity index is 1.84. The molecule has 0 aliphatic rings. The summed E-state index contributed by atoms with van der Waals surface area (Å²) in [6, 6.07) is 16.9. The monoisotopic (exact) mass is 588 g/mol. The van der Waals surface area contributed by atoms with Gasteiger partial charge >= 0.3 is 6.09 Å². The number of nitrogens with zero attached hydrogens (tertiary/aromatic N) is 1. The van der Waals surface area contributed by atoms with E-state index in [9.17, 15) is 18.3 Å². The summed E-state index contributed by atoms with van der Waals surface area (Å²) in [5.74, 6) is 1.72. The average molecular weight is 589 g/mol. The fourth-order valence-corrected chi connectivity index (χ4v) is 4.98. The molecule has 0 atom stereocenters. The first-order chi connectivity index (χ1) is 19.0. The molecule has 4 rings (SSSR count). The molecule has 0 aliphatic heterocycles. The number of carbonyl (C=O) groups excluding carboxylic acids is 1. The number of aliphatic hydroxyl groups excluding tert-OH is 1. The number of sulfonamides is 1. The maximum Gasteiger partial charge on any atom is 0.412 e. The molecule has 1 aromatic heterocycles. The van der Waals surface area contributed by atoms with Gasteiger partial charge < -0.3 is 29.1 Å². The Morgan fingerprint density at radius 1 is 1.07 bits per heavy atom. The highest BCUT2D eigenvalue weighted by atomic mass is 35.5. The number of anilines is 1. The summed E-state index contributed by atoms with van der Waals surface area (Å²) in [4.78, 5) is 12.3. The van der Waals surface area contributed by atoms with Gasteiger partial charge in [0.2, 0.25) is 10.0 Å². The second kappa shape index (κ2) is 12.1. The lowest BCUT2D eigenvalue weighted by atomic mass is 10.1. The number of carbonyl (C=O) groups is 1. The van der Waals surface area contributed by atoms with Crippen molar-refractivity contribution in [1.29, 1.82) is 0 Å². The third kappa shape index (κ3) is 6.61. The first-order valence-corrected chi connectivity index (χ1v) is 14.5. The first-order valence-electron chi connectivity index (χ1n) is 12.3. The molecule has 0 aliphatic carbocycles. The molecule has 0 saturated heterocycles. The summed E-state index contributed by atoms with van der Waals surface area (Å²) in [6.07, 6.45) is 0.00239. The predicted octanol–water partition coefficient (Wildman–Crippen LogP) is 5.81. The Hall–Kier alpha value is -3.93. The topological polar surface area (TPSA) is 128 Å². The van der Waals surface area contributed by atoms with E-state index in [1.54, 1.807) is 68.4 Å². The van der Waals surface area contributed by atoms with Crippen LogP contribution in [-0.2, 0) is 10.0 Å². The molecule has 2 N–H and O–H groups in total. The van der Waals surface area contributed by atoms with E-state index >= 15 is 0 Å². The molecule has 212 valence electrons. The second-order valence-electron chi connectivity index (χ2n) is 9.02. The number of furan rings is 1. The van der Waals surface area contributed by atoms with Gasteiger partial charge in [-0.25, -0.2) is 13.2 Å². The quantitative estimate of drug-likeness (QED) is 0.238. The summed E-state index contributed by atoms with van der Waals surface area (Å²) in [6.45, 7) is 2.98. The molecule has 4 aromatic rings. The number of amides is 1. The van der Waals surface area contributed by atoms with Crippen LogP contribution in [-0.4, -0.2) is 52.2 Å². The number of aliphatic hydroxyl groups is 1. The van der Waals surface area contributed by atoms with Crippen molar-refractivity contribution in [3.05, 3.63) is 65.7 Å². The lowest BCUT2D eigenvalue weighted by Gasteiger charge is -2.24. The normalized spacial score (nSPS) is 11.5. The van der Waals surface area contributed by atoms with E-state index < -0.39 is 22.7 Å².